The van der Waals surface area contributed by atoms with Crippen molar-refractivity contribution < 1.29 is 14.6 Å². The Bertz CT molecular complexity index is 220. The Kier molecular flexibility index (Phi) is 8.07. The van der Waals surface area contributed by atoms with E-state index in [4.69, 9.17) is 10.5 Å². The number of nitrogens with one attached hydrogen (secondary N) is 1. The summed E-state index contributed by atoms with van der Waals surface area (Å²) in [4.78, 5) is 13.3. The Hall–Kier alpha value is -0.690. The van der Waals surface area contributed by atoms with Gasteiger partial charge in [-0.3, -0.25) is 4.79 Å². The molecular formula is C11H25N3O3. The van der Waals surface area contributed by atoms with Crippen molar-refractivity contribution in [1.29, 1.82) is 0 Å². The summed E-state index contributed by atoms with van der Waals surface area (Å²) in [6.45, 7) is 3.71. The van der Waals surface area contributed by atoms with Gasteiger partial charge in [-0.1, -0.05) is 0 Å². The van der Waals surface area contributed by atoms with Gasteiger partial charge in [0, 0.05) is 26.1 Å². The Balaban J connectivity index is 3.68. The van der Waals surface area contributed by atoms with Crippen molar-refractivity contribution in [1.82, 2.24) is 10.2 Å². The Morgan fingerprint density at radius 2 is 2.12 bits per heavy atom. The van der Waals surface area contributed by atoms with Crippen LogP contribution in [-0.4, -0.2) is 68.5 Å². The summed E-state index contributed by atoms with van der Waals surface area (Å²) in [6.07, 6.45) is 0.290. The molecule has 0 rings (SSSR count). The van der Waals surface area contributed by atoms with E-state index < -0.39 is 5.60 Å². The number of likely N-dealkylation sites (N-methyl/N-ethyl adjacent to an activating group) is 1. The zero-order valence-electron chi connectivity index (χ0n) is 11.0. The van der Waals surface area contributed by atoms with Gasteiger partial charge < -0.3 is 25.8 Å². The number of carbonyl (C=O) groups is 1. The zero-order valence-corrected chi connectivity index (χ0v) is 11.0. The minimum atomic E-state index is -0.919. The molecule has 1 unspecified atom stereocenters. The van der Waals surface area contributed by atoms with Crippen molar-refractivity contribution in [2.24, 2.45) is 5.73 Å². The van der Waals surface area contributed by atoms with Crippen LogP contribution in [0.4, 0.5) is 0 Å². The highest BCUT2D eigenvalue weighted by atomic mass is 16.5. The summed E-state index contributed by atoms with van der Waals surface area (Å²) in [6, 6.07) is 0. The lowest BCUT2D eigenvalue weighted by Crippen LogP contribution is -2.47. The fraction of sp³-hybridized carbons (Fsp3) is 0.909. The number of nitrogens with two attached hydrogens (primary N) is 1. The Labute approximate surface area is 103 Å². The van der Waals surface area contributed by atoms with E-state index in [9.17, 15) is 9.90 Å². The van der Waals surface area contributed by atoms with Crippen LogP contribution in [0.25, 0.3) is 0 Å². The van der Waals surface area contributed by atoms with Crippen molar-refractivity contribution in [3.8, 4) is 0 Å². The van der Waals surface area contributed by atoms with E-state index >= 15 is 0 Å². The summed E-state index contributed by atoms with van der Waals surface area (Å²) >= 11 is 0. The van der Waals surface area contributed by atoms with Crippen molar-refractivity contribution in [2.45, 2.75) is 18.9 Å². The summed E-state index contributed by atoms with van der Waals surface area (Å²) in [5.74, 6) is -0.124. The number of ether oxygens (including phenoxy) is 1. The van der Waals surface area contributed by atoms with Crippen LogP contribution in [0, 0.1) is 0 Å². The first kappa shape index (κ1) is 16.3. The summed E-state index contributed by atoms with van der Waals surface area (Å²) in [5.41, 5.74) is 4.32. The summed E-state index contributed by atoms with van der Waals surface area (Å²) in [7, 11) is 3.74. The number of amides is 1. The minimum absolute atomic E-state index is 0.124. The molecule has 1 amide bonds. The highest BCUT2D eigenvalue weighted by molar-refractivity contribution is 5.76. The Morgan fingerprint density at radius 1 is 1.47 bits per heavy atom. The standard InChI is InChI=1S/C11H25N3O3/c1-11(16,9-14(2)3)8-13-10(15)4-6-17-7-5-12/h16H,4-9,12H2,1-3H3,(H,13,15). The van der Waals surface area contributed by atoms with Gasteiger partial charge >= 0.3 is 0 Å². The monoisotopic (exact) mass is 247 g/mol. The van der Waals surface area contributed by atoms with Gasteiger partial charge in [-0.25, -0.2) is 0 Å². The quantitative estimate of drug-likeness (QED) is 0.445. The molecule has 0 fully saturated rings. The molecule has 0 aliphatic heterocycles. The third-order valence-corrected chi connectivity index (χ3v) is 2.06. The first-order valence-corrected chi connectivity index (χ1v) is 5.79. The van der Waals surface area contributed by atoms with Crippen molar-refractivity contribution in [3.05, 3.63) is 0 Å². The molecule has 0 heterocycles. The first-order chi connectivity index (χ1) is 7.87. The van der Waals surface area contributed by atoms with E-state index in [-0.39, 0.29) is 18.9 Å². The van der Waals surface area contributed by atoms with Gasteiger partial charge in [-0.05, 0) is 21.0 Å². The lowest BCUT2D eigenvalue weighted by molar-refractivity contribution is -0.123. The van der Waals surface area contributed by atoms with Gasteiger partial charge in [0.1, 0.15) is 0 Å². The highest BCUT2D eigenvalue weighted by Gasteiger charge is 2.21. The highest BCUT2D eigenvalue weighted by Crippen LogP contribution is 2.02. The maximum atomic E-state index is 11.4. The molecule has 0 spiro atoms. The average Bonchev–Trinajstić information content (AvgIpc) is 2.20. The van der Waals surface area contributed by atoms with Crippen LogP contribution in [0.2, 0.25) is 0 Å². The largest absolute Gasteiger partial charge is 0.387 e. The molecule has 0 saturated carbocycles. The zero-order chi connectivity index (χ0) is 13.3. The van der Waals surface area contributed by atoms with Gasteiger partial charge in [0.05, 0.1) is 18.8 Å². The van der Waals surface area contributed by atoms with Gasteiger partial charge in [-0.2, -0.15) is 0 Å². The average molecular weight is 247 g/mol. The van der Waals surface area contributed by atoms with Crippen molar-refractivity contribution in [2.75, 3.05) is 46.9 Å². The predicted octanol–water partition coefficient (Wildman–Crippen LogP) is -1.22. The van der Waals surface area contributed by atoms with E-state index in [2.05, 4.69) is 5.32 Å². The van der Waals surface area contributed by atoms with Crippen LogP contribution in [0.3, 0.4) is 0 Å². The molecule has 102 valence electrons. The molecule has 17 heavy (non-hydrogen) atoms. The topological polar surface area (TPSA) is 87.8 Å². The van der Waals surface area contributed by atoms with Crippen LogP contribution in [0.15, 0.2) is 0 Å². The van der Waals surface area contributed by atoms with Crippen LogP contribution in [0.1, 0.15) is 13.3 Å². The fourth-order valence-electron chi connectivity index (χ4n) is 1.46. The van der Waals surface area contributed by atoms with Crippen molar-refractivity contribution in [3.63, 3.8) is 0 Å². The molecule has 0 aromatic carbocycles. The number of rotatable bonds is 9. The summed E-state index contributed by atoms with van der Waals surface area (Å²) < 4.78 is 5.09. The number of hydrogen-bond donors (Lipinski definition) is 3. The number of aliphatic hydroxyl groups is 1. The van der Waals surface area contributed by atoms with Gasteiger partial charge in [0.2, 0.25) is 5.91 Å². The molecule has 0 bridgehead atoms. The molecule has 0 aromatic rings. The molecule has 4 N–H and O–H groups in total. The van der Waals surface area contributed by atoms with E-state index in [1.165, 1.54) is 0 Å². The van der Waals surface area contributed by atoms with E-state index in [1.807, 2.05) is 19.0 Å². The molecule has 6 heteroatoms. The fourth-order valence-corrected chi connectivity index (χ4v) is 1.46. The maximum absolute atomic E-state index is 11.4. The second-order valence-corrected chi connectivity index (χ2v) is 4.66. The van der Waals surface area contributed by atoms with Crippen LogP contribution in [-0.2, 0) is 9.53 Å². The molecule has 1 atom stereocenters. The lowest BCUT2D eigenvalue weighted by Gasteiger charge is -2.27. The number of carbonyl (C=O) groups excluding carboxylic acids is 1. The molecular weight excluding hydrogens is 222 g/mol. The van der Waals surface area contributed by atoms with E-state index in [0.29, 0.717) is 26.3 Å². The lowest BCUT2D eigenvalue weighted by atomic mass is 10.1. The molecule has 0 saturated heterocycles. The normalized spacial score (nSPS) is 14.7. The van der Waals surface area contributed by atoms with Crippen LogP contribution >= 0.6 is 0 Å². The Morgan fingerprint density at radius 3 is 2.65 bits per heavy atom. The van der Waals surface area contributed by atoms with E-state index in [0.717, 1.165) is 0 Å². The third kappa shape index (κ3) is 10.2. The number of nitrogens with zero attached hydrogens (tertiary/aromatic N) is 1. The molecule has 0 aromatic heterocycles. The van der Waals surface area contributed by atoms with Gasteiger partial charge in [0.15, 0.2) is 0 Å². The van der Waals surface area contributed by atoms with Gasteiger partial charge in [0.25, 0.3) is 0 Å². The number of hydrogen-bond acceptors (Lipinski definition) is 5. The maximum Gasteiger partial charge on any atom is 0.222 e. The van der Waals surface area contributed by atoms with E-state index in [1.54, 1.807) is 6.92 Å². The SMILES string of the molecule is CN(C)CC(C)(O)CNC(=O)CCOCCN. The second-order valence-electron chi connectivity index (χ2n) is 4.66. The van der Waals surface area contributed by atoms with Crippen LogP contribution in [0.5, 0.6) is 0 Å². The first-order valence-electron chi connectivity index (χ1n) is 5.79. The third-order valence-electron chi connectivity index (χ3n) is 2.06. The molecule has 6 nitrogen and oxygen atoms in total. The minimum Gasteiger partial charge on any atom is -0.387 e. The second kappa shape index (κ2) is 8.41. The smallest absolute Gasteiger partial charge is 0.222 e. The van der Waals surface area contributed by atoms with Crippen LogP contribution < -0.4 is 11.1 Å². The molecule has 0 aliphatic carbocycles. The van der Waals surface area contributed by atoms with Crippen molar-refractivity contribution >= 4 is 5.91 Å². The molecule has 0 radical (unpaired) electrons. The summed E-state index contributed by atoms with van der Waals surface area (Å²) in [5, 5.41) is 12.6. The van der Waals surface area contributed by atoms with Gasteiger partial charge in [-0.15, -0.1) is 0 Å². The predicted molar refractivity (Wildman–Crippen MR) is 66.7 cm³/mol. The molecule has 0 aliphatic rings.